The number of hydrogen-bond acceptors (Lipinski definition) is 6. The highest BCUT2D eigenvalue weighted by molar-refractivity contribution is 7.99. The Balaban J connectivity index is 1.40. The van der Waals surface area contributed by atoms with Gasteiger partial charge >= 0.3 is 0 Å². The van der Waals surface area contributed by atoms with Crippen molar-refractivity contribution in [2.45, 2.75) is 36.1 Å². The Labute approximate surface area is 173 Å². The Hall–Kier alpha value is -2.16. The number of halogens is 1. The number of aliphatic hydroxyl groups excluding tert-OH is 1. The molecule has 3 aromatic rings. The van der Waals surface area contributed by atoms with Gasteiger partial charge in [0, 0.05) is 19.0 Å². The SMILES string of the molecule is Cn1cnnc1Sc1ccc(CN2CCC[C@@](CO)(Cc3ccc(F)cc3)C2)o1. The molecule has 0 bridgehead atoms. The Morgan fingerprint density at radius 3 is 2.79 bits per heavy atom. The van der Waals surface area contributed by atoms with E-state index in [0.29, 0.717) is 6.54 Å². The minimum atomic E-state index is -0.232. The van der Waals surface area contributed by atoms with Crippen LogP contribution in [-0.4, -0.2) is 44.5 Å². The van der Waals surface area contributed by atoms with Crippen molar-refractivity contribution >= 4 is 11.8 Å². The van der Waals surface area contributed by atoms with Crippen LogP contribution in [0, 0.1) is 11.2 Å². The first-order valence-electron chi connectivity index (χ1n) is 9.73. The summed E-state index contributed by atoms with van der Waals surface area (Å²) < 4.78 is 21.0. The molecule has 4 rings (SSSR count). The van der Waals surface area contributed by atoms with Crippen LogP contribution in [0.25, 0.3) is 0 Å². The fourth-order valence-corrected chi connectivity index (χ4v) is 4.73. The van der Waals surface area contributed by atoms with Crippen molar-refractivity contribution in [1.29, 1.82) is 0 Å². The average Bonchev–Trinajstić information content (AvgIpc) is 3.33. The molecule has 6 nitrogen and oxygen atoms in total. The monoisotopic (exact) mass is 416 g/mol. The van der Waals surface area contributed by atoms with Gasteiger partial charge in [-0.3, -0.25) is 4.90 Å². The summed E-state index contributed by atoms with van der Waals surface area (Å²) >= 11 is 1.44. The maximum atomic E-state index is 13.2. The normalized spacial score (nSPS) is 20.2. The van der Waals surface area contributed by atoms with Gasteiger partial charge in [-0.25, -0.2) is 4.39 Å². The number of rotatable bonds is 7. The molecule has 1 aliphatic rings. The Morgan fingerprint density at radius 2 is 2.07 bits per heavy atom. The third-order valence-electron chi connectivity index (χ3n) is 5.45. The number of hydrogen-bond donors (Lipinski definition) is 1. The molecule has 0 amide bonds. The van der Waals surface area contributed by atoms with E-state index >= 15 is 0 Å². The van der Waals surface area contributed by atoms with E-state index in [9.17, 15) is 9.50 Å². The molecule has 3 heterocycles. The van der Waals surface area contributed by atoms with Gasteiger partial charge in [0.1, 0.15) is 17.9 Å². The van der Waals surface area contributed by atoms with Gasteiger partial charge in [-0.2, -0.15) is 0 Å². The summed E-state index contributed by atoms with van der Waals surface area (Å²) in [6.45, 7) is 2.57. The van der Waals surface area contributed by atoms with Crippen LogP contribution >= 0.6 is 11.8 Å². The molecule has 0 radical (unpaired) electrons. The van der Waals surface area contributed by atoms with E-state index < -0.39 is 0 Å². The Kier molecular flexibility index (Phi) is 6.03. The van der Waals surface area contributed by atoms with Crippen LogP contribution in [0.4, 0.5) is 4.39 Å². The fraction of sp³-hybridized carbons (Fsp3) is 0.429. The number of aliphatic hydroxyl groups is 1. The van der Waals surface area contributed by atoms with Crippen molar-refractivity contribution < 1.29 is 13.9 Å². The molecular weight excluding hydrogens is 391 g/mol. The quantitative estimate of drug-likeness (QED) is 0.636. The largest absolute Gasteiger partial charge is 0.453 e. The van der Waals surface area contributed by atoms with Crippen LogP contribution in [-0.2, 0) is 20.0 Å². The summed E-state index contributed by atoms with van der Waals surface area (Å²) in [5.41, 5.74) is 0.849. The van der Waals surface area contributed by atoms with Crippen LogP contribution in [0.15, 0.2) is 57.4 Å². The first kappa shape index (κ1) is 20.1. The molecule has 0 saturated carbocycles. The summed E-state index contributed by atoms with van der Waals surface area (Å²) in [5.74, 6) is 0.662. The molecule has 8 heteroatoms. The summed E-state index contributed by atoms with van der Waals surface area (Å²) in [6.07, 6.45) is 4.38. The number of aryl methyl sites for hydroxylation is 1. The highest BCUT2D eigenvalue weighted by Gasteiger charge is 2.35. The molecule has 1 fully saturated rings. The van der Waals surface area contributed by atoms with Gasteiger partial charge < -0.3 is 14.1 Å². The molecule has 1 saturated heterocycles. The van der Waals surface area contributed by atoms with E-state index in [-0.39, 0.29) is 17.8 Å². The van der Waals surface area contributed by atoms with Crippen molar-refractivity contribution in [2.24, 2.45) is 12.5 Å². The van der Waals surface area contributed by atoms with E-state index in [1.165, 1.54) is 23.9 Å². The minimum absolute atomic E-state index is 0.117. The molecule has 29 heavy (non-hydrogen) atoms. The molecule has 1 atom stereocenters. The first-order chi connectivity index (χ1) is 14.0. The van der Waals surface area contributed by atoms with Gasteiger partial charge in [-0.15, -0.1) is 10.2 Å². The number of piperidine rings is 1. The zero-order chi connectivity index (χ0) is 20.3. The average molecular weight is 417 g/mol. The fourth-order valence-electron chi connectivity index (χ4n) is 3.98. The van der Waals surface area contributed by atoms with Crippen LogP contribution in [0.2, 0.25) is 0 Å². The maximum absolute atomic E-state index is 13.2. The molecule has 1 aliphatic heterocycles. The lowest BCUT2D eigenvalue weighted by atomic mass is 9.75. The van der Waals surface area contributed by atoms with E-state index in [0.717, 1.165) is 53.9 Å². The highest BCUT2D eigenvalue weighted by Crippen LogP contribution is 2.35. The van der Waals surface area contributed by atoms with Gasteiger partial charge in [0.05, 0.1) is 13.2 Å². The van der Waals surface area contributed by atoms with Gasteiger partial charge in [0.2, 0.25) is 0 Å². The van der Waals surface area contributed by atoms with Crippen molar-refractivity contribution in [2.75, 3.05) is 19.7 Å². The molecule has 1 N–H and O–H groups in total. The second-order valence-corrected chi connectivity index (χ2v) is 8.79. The summed E-state index contributed by atoms with van der Waals surface area (Å²) in [4.78, 5) is 2.33. The van der Waals surface area contributed by atoms with Gasteiger partial charge in [0.25, 0.3) is 0 Å². The summed E-state index contributed by atoms with van der Waals surface area (Å²) in [5, 5.41) is 19.7. The summed E-state index contributed by atoms with van der Waals surface area (Å²) in [6, 6.07) is 10.5. The predicted octanol–water partition coefficient (Wildman–Crippen LogP) is 3.52. The van der Waals surface area contributed by atoms with Crippen molar-refractivity contribution in [1.82, 2.24) is 19.7 Å². The van der Waals surface area contributed by atoms with Crippen LogP contribution in [0.5, 0.6) is 0 Å². The van der Waals surface area contributed by atoms with Crippen molar-refractivity contribution in [3.8, 4) is 0 Å². The number of likely N-dealkylation sites (tertiary alicyclic amines) is 1. The van der Waals surface area contributed by atoms with E-state index in [1.807, 2.05) is 35.9 Å². The van der Waals surface area contributed by atoms with Crippen molar-refractivity contribution in [3.63, 3.8) is 0 Å². The Bertz CT molecular complexity index is 942. The lowest BCUT2D eigenvalue weighted by Gasteiger charge is -2.41. The number of nitrogens with zero attached hydrogens (tertiary/aromatic N) is 4. The molecule has 0 spiro atoms. The van der Waals surface area contributed by atoms with Crippen LogP contribution < -0.4 is 0 Å². The second kappa shape index (κ2) is 8.69. The van der Waals surface area contributed by atoms with Gasteiger partial charge in [0.15, 0.2) is 10.2 Å². The Morgan fingerprint density at radius 1 is 1.24 bits per heavy atom. The predicted molar refractivity (Wildman–Crippen MR) is 108 cm³/mol. The number of furan rings is 1. The van der Waals surface area contributed by atoms with Crippen molar-refractivity contribution in [3.05, 3.63) is 59.9 Å². The molecule has 1 aromatic carbocycles. The topological polar surface area (TPSA) is 67.3 Å². The molecule has 0 aliphatic carbocycles. The zero-order valence-corrected chi connectivity index (χ0v) is 17.2. The van der Waals surface area contributed by atoms with Crippen LogP contribution in [0.1, 0.15) is 24.2 Å². The zero-order valence-electron chi connectivity index (χ0n) is 16.4. The van der Waals surface area contributed by atoms with E-state index in [1.54, 1.807) is 6.33 Å². The number of aromatic nitrogens is 3. The molecular formula is C21H25FN4O2S. The molecule has 2 aromatic heterocycles. The van der Waals surface area contributed by atoms with Gasteiger partial charge in [-0.05, 0) is 67.4 Å². The minimum Gasteiger partial charge on any atom is -0.453 e. The smallest absolute Gasteiger partial charge is 0.198 e. The maximum Gasteiger partial charge on any atom is 0.198 e. The van der Waals surface area contributed by atoms with Crippen LogP contribution in [0.3, 0.4) is 0 Å². The highest BCUT2D eigenvalue weighted by atomic mass is 32.2. The van der Waals surface area contributed by atoms with E-state index in [2.05, 4.69) is 15.1 Å². The van der Waals surface area contributed by atoms with E-state index in [4.69, 9.17) is 4.42 Å². The second-order valence-electron chi connectivity index (χ2n) is 7.82. The third-order valence-corrected chi connectivity index (χ3v) is 6.42. The third kappa shape index (κ3) is 4.88. The molecule has 154 valence electrons. The molecule has 0 unspecified atom stereocenters. The lowest BCUT2D eigenvalue weighted by molar-refractivity contribution is 0.0257. The number of benzene rings is 1. The lowest BCUT2D eigenvalue weighted by Crippen LogP contribution is -2.46. The summed E-state index contributed by atoms with van der Waals surface area (Å²) in [7, 11) is 1.90. The first-order valence-corrected chi connectivity index (χ1v) is 10.6. The van der Waals surface area contributed by atoms with Gasteiger partial charge in [-0.1, -0.05) is 12.1 Å². The standard InChI is InChI=1S/C21H25FN4O2S/c1-25-15-23-24-20(25)29-19-8-7-18(28-19)12-26-10-2-9-21(13-26,14-27)11-16-3-5-17(22)6-4-16/h3-8,15,27H,2,9-14H2,1H3/t21-/m1/s1.